The molecule has 0 radical (unpaired) electrons. The van der Waals surface area contributed by atoms with Gasteiger partial charge in [0.2, 0.25) is 0 Å². The first kappa shape index (κ1) is 16.3. The molecule has 2 rings (SSSR count). The number of hydrogen-bond acceptors (Lipinski definition) is 3. The number of nitrogens with two attached hydrogens (primary N) is 1. The van der Waals surface area contributed by atoms with Crippen molar-refractivity contribution in [3.8, 4) is 5.75 Å². The number of ether oxygens (including phenoxy) is 1. The Balaban J connectivity index is 2.02. The molecular formula is C18H30N2O. The third kappa shape index (κ3) is 4.45. The summed E-state index contributed by atoms with van der Waals surface area (Å²) >= 11 is 0. The zero-order chi connectivity index (χ0) is 15.2. The van der Waals surface area contributed by atoms with E-state index in [-0.39, 0.29) is 6.04 Å². The van der Waals surface area contributed by atoms with Crippen molar-refractivity contribution in [3.05, 3.63) is 29.3 Å². The second-order valence-corrected chi connectivity index (χ2v) is 6.44. The maximum Gasteiger partial charge on any atom is 0.123 e. The van der Waals surface area contributed by atoms with Crippen LogP contribution in [0.2, 0.25) is 0 Å². The van der Waals surface area contributed by atoms with E-state index in [9.17, 15) is 0 Å². The Hall–Kier alpha value is -1.06. The monoisotopic (exact) mass is 290 g/mol. The second kappa shape index (κ2) is 7.81. The Morgan fingerprint density at radius 3 is 2.52 bits per heavy atom. The van der Waals surface area contributed by atoms with Crippen LogP contribution >= 0.6 is 0 Å². The number of likely N-dealkylation sites (N-methyl/N-ethyl adjacent to an activating group) is 1. The predicted octanol–water partition coefficient (Wildman–Crippen LogP) is 3.66. The lowest BCUT2D eigenvalue weighted by atomic mass is 10.0. The molecule has 0 aliphatic heterocycles. The number of hydrogen-bond donors (Lipinski definition) is 1. The fourth-order valence-corrected chi connectivity index (χ4v) is 3.40. The molecule has 0 saturated heterocycles. The van der Waals surface area contributed by atoms with Crippen LogP contribution in [-0.4, -0.2) is 31.6 Å². The van der Waals surface area contributed by atoms with Crippen LogP contribution in [0.4, 0.5) is 0 Å². The summed E-state index contributed by atoms with van der Waals surface area (Å²) in [7, 11) is 3.94. The zero-order valence-corrected chi connectivity index (χ0v) is 13.8. The lowest BCUT2D eigenvalue weighted by molar-refractivity contribution is 0.208. The summed E-state index contributed by atoms with van der Waals surface area (Å²) in [6.45, 7) is 3.00. The van der Waals surface area contributed by atoms with Crippen LogP contribution in [0.25, 0.3) is 0 Å². The summed E-state index contributed by atoms with van der Waals surface area (Å²) in [4.78, 5) is 2.46. The fourth-order valence-electron chi connectivity index (χ4n) is 3.40. The average Bonchev–Trinajstić information content (AvgIpc) is 2.76. The van der Waals surface area contributed by atoms with Gasteiger partial charge in [-0.2, -0.15) is 0 Å². The molecule has 2 N–H and O–H groups in total. The molecule has 0 heterocycles. The summed E-state index contributed by atoms with van der Waals surface area (Å²) in [5.41, 5.74) is 8.82. The van der Waals surface area contributed by atoms with E-state index in [1.807, 2.05) is 6.07 Å². The maximum atomic E-state index is 6.47. The topological polar surface area (TPSA) is 38.5 Å². The lowest BCUT2D eigenvalue weighted by Crippen LogP contribution is -2.37. The van der Waals surface area contributed by atoms with Gasteiger partial charge >= 0.3 is 0 Å². The summed E-state index contributed by atoms with van der Waals surface area (Å²) in [5, 5.41) is 0. The Bertz CT molecular complexity index is 439. The second-order valence-electron chi connectivity index (χ2n) is 6.44. The van der Waals surface area contributed by atoms with Crippen molar-refractivity contribution in [1.82, 2.24) is 4.90 Å². The highest BCUT2D eigenvalue weighted by atomic mass is 16.5. The minimum atomic E-state index is 0.00750. The Morgan fingerprint density at radius 2 is 1.90 bits per heavy atom. The molecule has 1 aromatic carbocycles. The molecule has 21 heavy (non-hydrogen) atoms. The van der Waals surface area contributed by atoms with Gasteiger partial charge in [0.05, 0.1) is 7.11 Å². The van der Waals surface area contributed by atoms with Gasteiger partial charge in [0.25, 0.3) is 0 Å². The molecule has 1 aliphatic carbocycles. The smallest absolute Gasteiger partial charge is 0.123 e. The summed E-state index contributed by atoms with van der Waals surface area (Å²) in [5.74, 6) is 0.905. The minimum Gasteiger partial charge on any atom is -0.496 e. The maximum absolute atomic E-state index is 6.47. The molecule has 118 valence electrons. The van der Waals surface area contributed by atoms with E-state index in [1.165, 1.54) is 44.1 Å². The van der Waals surface area contributed by atoms with Crippen LogP contribution in [0.3, 0.4) is 0 Å². The Morgan fingerprint density at radius 1 is 1.24 bits per heavy atom. The van der Waals surface area contributed by atoms with E-state index in [0.717, 1.165) is 17.9 Å². The average molecular weight is 290 g/mol. The van der Waals surface area contributed by atoms with Gasteiger partial charge in [0.15, 0.2) is 0 Å². The van der Waals surface area contributed by atoms with Gasteiger partial charge in [-0.25, -0.2) is 0 Å². The van der Waals surface area contributed by atoms with Crippen molar-refractivity contribution in [3.63, 3.8) is 0 Å². The van der Waals surface area contributed by atoms with Crippen LogP contribution in [0.5, 0.6) is 5.75 Å². The minimum absolute atomic E-state index is 0.00750. The number of aryl methyl sites for hydroxylation is 1. The van der Waals surface area contributed by atoms with Gasteiger partial charge in [-0.1, -0.05) is 43.4 Å². The molecule has 1 unspecified atom stereocenters. The van der Waals surface area contributed by atoms with Crippen LogP contribution < -0.4 is 10.5 Å². The van der Waals surface area contributed by atoms with Gasteiger partial charge in [0.1, 0.15) is 5.75 Å². The van der Waals surface area contributed by atoms with Crippen LogP contribution in [0, 0.1) is 6.92 Å². The van der Waals surface area contributed by atoms with Crippen molar-refractivity contribution in [1.29, 1.82) is 0 Å². The van der Waals surface area contributed by atoms with Gasteiger partial charge < -0.3 is 15.4 Å². The van der Waals surface area contributed by atoms with Crippen molar-refractivity contribution >= 4 is 0 Å². The normalized spacial score (nSPS) is 18.5. The van der Waals surface area contributed by atoms with Crippen molar-refractivity contribution in [2.24, 2.45) is 5.73 Å². The third-order valence-electron chi connectivity index (χ3n) is 4.72. The van der Waals surface area contributed by atoms with E-state index in [1.54, 1.807) is 7.11 Å². The van der Waals surface area contributed by atoms with Crippen LogP contribution in [0.15, 0.2) is 18.2 Å². The third-order valence-corrected chi connectivity index (χ3v) is 4.72. The number of rotatable bonds is 5. The van der Waals surface area contributed by atoms with Crippen molar-refractivity contribution < 1.29 is 4.74 Å². The molecule has 1 aromatic rings. The summed E-state index contributed by atoms with van der Waals surface area (Å²) in [6, 6.07) is 6.95. The standard InChI is InChI=1S/C18H30N2O/c1-14-10-11-18(21-3)16(12-14)17(19)13-20(2)15-8-6-4-5-7-9-15/h10-12,15,17H,4-9,13,19H2,1-3H3. The van der Waals surface area contributed by atoms with Crippen LogP contribution in [0.1, 0.15) is 55.7 Å². The van der Waals surface area contributed by atoms with E-state index in [2.05, 4.69) is 31.0 Å². The van der Waals surface area contributed by atoms with Crippen molar-refractivity contribution in [2.75, 3.05) is 20.7 Å². The predicted molar refractivity (Wildman–Crippen MR) is 88.8 cm³/mol. The molecule has 3 nitrogen and oxygen atoms in total. The van der Waals surface area contributed by atoms with Crippen LogP contribution in [-0.2, 0) is 0 Å². The number of nitrogens with zero attached hydrogens (tertiary/aromatic N) is 1. The summed E-state index contributed by atoms with van der Waals surface area (Å²) in [6.07, 6.45) is 8.13. The molecule has 0 bridgehead atoms. The quantitative estimate of drug-likeness (QED) is 0.841. The zero-order valence-electron chi connectivity index (χ0n) is 13.8. The SMILES string of the molecule is COc1ccc(C)cc1C(N)CN(C)C1CCCCCC1. The molecule has 1 fully saturated rings. The number of methoxy groups -OCH3 is 1. The molecule has 0 amide bonds. The van der Waals surface area contributed by atoms with E-state index < -0.39 is 0 Å². The molecule has 1 aliphatic rings. The largest absolute Gasteiger partial charge is 0.496 e. The van der Waals surface area contributed by atoms with Crippen molar-refractivity contribution in [2.45, 2.75) is 57.5 Å². The molecule has 0 spiro atoms. The van der Waals surface area contributed by atoms with E-state index in [4.69, 9.17) is 10.5 Å². The van der Waals surface area contributed by atoms with Gasteiger partial charge in [-0.15, -0.1) is 0 Å². The first-order chi connectivity index (χ1) is 10.1. The van der Waals surface area contributed by atoms with Gasteiger partial charge in [0, 0.05) is 24.2 Å². The van der Waals surface area contributed by atoms with E-state index >= 15 is 0 Å². The fraction of sp³-hybridized carbons (Fsp3) is 0.667. The molecular weight excluding hydrogens is 260 g/mol. The molecule has 0 aromatic heterocycles. The van der Waals surface area contributed by atoms with Gasteiger partial charge in [-0.3, -0.25) is 0 Å². The molecule has 1 atom stereocenters. The summed E-state index contributed by atoms with van der Waals surface area (Å²) < 4.78 is 5.47. The first-order valence-corrected chi connectivity index (χ1v) is 8.22. The highest BCUT2D eigenvalue weighted by Gasteiger charge is 2.20. The van der Waals surface area contributed by atoms with Gasteiger partial charge in [-0.05, 0) is 32.9 Å². The number of benzene rings is 1. The Kier molecular flexibility index (Phi) is 6.07. The molecule has 1 saturated carbocycles. The highest BCUT2D eigenvalue weighted by Crippen LogP contribution is 2.27. The highest BCUT2D eigenvalue weighted by molar-refractivity contribution is 5.39. The van der Waals surface area contributed by atoms with E-state index in [0.29, 0.717) is 6.04 Å². The first-order valence-electron chi connectivity index (χ1n) is 8.22. The molecule has 3 heteroatoms. The lowest BCUT2D eigenvalue weighted by Gasteiger charge is -2.30. The Labute approximate surface area is 129 Å².